The van der Waals surface area contributed by atoms with E-state index >= 15 is 0 Å². The van der Waals surface area contributed by atoms with Gasteiger partial charge in [0, 0.05) is 0 Å². The van der Waals surface area contributed by atoms with Gasteiger partial charge < -0.3 is 4.52 Å². The first kappa shape index (κ1) is 11.2. The number of rotatable bonds is 3. The Kier molecular flexibility index (Phi) is 3.32. The minimum Gasteiger partial charge on any atom is -0.404 e. The summed E-state index contributed by atoms with van der Waals surface area (Å²) in [5.74, 6) is 0.500. The SMILES string of the molecule is CC(C)c1cccc(OP(=O)(O)O)c1. The summed E-state index contributed by atoms with van der Waals surface area (Å²) in [6.45, 7) is 3.99. The molecule has 0 atom stereocenters. The van der Waals surface area contributed by atoms with Gasteiger partial charge in [-0.15, -0.1) is 0 Å². The topological polar surface area (TPSA) is 66.8 Å². The molecule has 0 aromatic heterocycles. The third kappa shape index (κ3) is 3.50. The van der Waals surface area contributed by atoms with Crippen LogP contribution >= 0.6 is 7.82 Å². The van der Waals surface area contributed by atoms with Gasteiger partial charge in [0.1, 0.15) is 5.75 Å². The molecule has 0 saturated heterocycles. The fourth-order valence-electron chi connectivity index (χ4n) is 1.07. The second-order valence-electron chi connectivity index (χ2n) is 3.31. The van der Waals surface area contributed by atoms with Crippen molar-refractivity contribution in [3.8, 4) is 5.75 Å². The highest BCUT2D eigenvalue weighted by molar-refractivity contribution is 7.46. The van der Waals surface area contributed by atoms with Gasteiger partial charge in [-0.2, -0.15) is 0 Å². The molecule has 0 saturated carbocycles. The normalized spacial score (nSPS) is 11.8. The maximum absolute atomic E-state index is 10.6. The van der Waals surface area contributed by atoms with Gasteiger partial charge in [0.25, 0.3) is 0 Å². The lowest BCUT2D eigenvalue weighted by atomic mass is 10.0. The lowest BCUT2D eigenvalue weighted by molar-refractivity contribution is 0.283. The molecular weight excluding hydrogens is 203 g/mol. The van der Waals surface area contributed by atoms with Crippen LogP contribution in [-0.4, -0.2) is 9.79 Å². The molecule has 1 rings (SSSR count). The Morgan fingerprint density at radius 3 is 2.50 bits per heavy atom. The molecule has 0 radical (unpaired) electrons. The third-order valence-electron chi connectivity index (χ3n) is 1.75. The number of phosphoric ester groups is 1. The van der Waals surface area contributed by atoms with Crippen LogP contribution in [0.1, 0.15) is 25.3 Å². The van der Waals surface area contributed by atoms with Gasteiger partial charge in [-0.3, -0.25) is 9.79 Å². The van der Waals surface area contributed by atoms with Crippen LogP contribution in [0, 0.1) is 0 Å². The van der Waals surface area contributed by atoms with Gasteiger partial charge in [0.05, 0.1) is 0 Å². The first-order valence-electron chi connectivity index (χ1n) is 4.23. The van der Waals surface area contributed by atoms with Crippen LogP contribution in [0.2, 0.25) is 0 Å². The highest BCUT2D eigenvalue weighted by atomic mass is 31.2. The molecule has 0 heterocycles. The molecule has 14 heavy (non-hydrogen) atoms. The van der Waals surface area contributed by atoms with Gasteiger partial charge >= 0.3 is 7.82 Å². The zero-order valence-electron chi connectivity index (χ0n) is 8.04. The Morgan fingerprint density at radius 2 is 2.00 bits per heavy atom. The predicted molar refractivity (Wildman–Crippen MR) is 53.2 cm³/mol. The quantitative estimate of drug-likeness (QED) is 0.760. The van der Waals surface area contributed by atoms with Crippen LogP contribution in [0.3, 0.4) is 0 Å². The first-order chi connectivity index (χ1) is 6.38. The molecule has 0 bridgehead atoms. The zero-order valence-corrected chi connectivity index (χ0v) is 8.94. The van der Waals surface area contributed by atoms with Crippen molar-refractivity contribution in [2.75, 3.05) is 0 Å². The van der Waals surface area contributed by atoms with Crippen molar-refractivity contribution in [2.24, 2.45) is 0 Å². The first-order valence-corrected chi connectivity index (χ1v) is 5.76. The molecule has 0 spiro atoms. The Bertz CT molecular complexity index is 356. The summed E-state index contributed by atoms with van der Waals surface area (Å²) in [5.41, 5.74) is 0.982. The minimum atomic E-state index is -4.44. The van der Waals surface area contributed by atoms with Crippen molar-refractivity contribution in [3.63, 3.8) is 0 Å². The monoisotopic (exact) mass is 216 g/mol. The summed E-state index contributed by atoms with van der Waals surface area (Å²) < 4.78 is 15.0. The molecule has 0 aliphatic rings. The van der Waals surface area contributed by atoms with Crippen molar-refractivity contribution in [3.05, 3.63) is 29.8 Å². The van der Waals surface area contributed by atoms with Gasteiger partial charge in [-0.05, 0) is 23.6 Å². The summed E-state index contributed by atoms with van der Waals surface area (Å²) in [4.78, 5) is 17.2. The molecule has 0 unspecified atom stereocenters. The van der Waals surface area contributed by atoms with E-state index in [1.165, 1.54) is 6.07 Å². The lowest BCUT2D eigenvalue weighted by Crippen LogP contribution is -1.92. The Morgan fingerprint density at radius 1 is 1.36 bits per heavy atom. The van der Waals surface area contributed by atoms with E-state index in [0.717, 1.165) is 5.56 Å². The van der Waals surface area contributed by atoms with Crippen LogP contribution in [0.25, 0.3) is 0 Å². The molecule has 0 fully saturated rings. The fourth-order valence-corrected chi connectivity index (χ4v) is 1.46. The average Bonchev–Trinajstić information content (AvgIpc) is 2.01. The molecule has 1 aromatic rings. The van der Waals surface area contributed by atoms with Crippen molar-refractivity contribution < 1.29 is 18.9 Å². The number of phosphoric acid groups is 1. The summed E-state index contributed by atoms with van der Waals surface area (Å²) in [6.07, 6.45) is 0. The summed E-state index contributed by atoms with van der Waals surface area (Å²) in [6, 6.07) is 6.74. The summed E-state index contributed by atoms with van der Waals surface area (Å²) in [5, 5.41) is 0. The average molecular weight is 216 g/mol. The van der Waals surface area contributed by atoms with E-state index < -0.39 is 7.82 Å². The Balaban J connectivity index is 2.89. The van der Waals surface area contributed by atoms with Crippen LogP contribution < -0.4 is 4.52 Å². The van der Waals surface area contributed by atoms with Crippen LogP contribution in [0.15, 0.2) is 24.3 Å². The zero-order chi connectivity index (χ0) is 10.8. The molecule has 78 valence electrons. The molecular formula is C9H13O4P. The molecule has 0 aliphatic heterocycles. The van der Waals surface area contributed by atoms with E-state index in [-0.39, 0.29) is 5.75 Å². The molecule has 2 N–H and O–H groups in total. The fraction of sp³-hybridized carbons (Fsp3) is 0.333. The minimum absolute atomic E-state index is 0.199. The van der Waals surface area contributed by atoms with E-state index in [1.54, 1.807) is 12.1 Å². The number of hydrogen-bond donors (Lipinski definition) is 2. The van der Waals surface area contributed by atoms with Crippen molar-refractivity contribution >= 4 is 7.82 Å². The third-order valence-corrected chi connectivity index (χ3v) is 2.20. The summed E-state index contributed by atoms with van der Waals surface area (Å²) >= 11 is 0. The maximum atomic E-state index is 10.6. The van der Waals surface area contributed by atoms with Gasteiger partial charge in [0.2, 0.25) is 0 Å². The van der Waals surface area contributed by atoms with Crippen LogP contribution in [-0.2, 0) is 4.57 Å². The second-order valence-corrected chi connectivity index (χ2v) is 4.47. The molecule has 0 amide bonds. The van der Waals surface area contributed by atoms with Gasteiger partial charge in [-0.1, -0.05) is 26.0 Å². The Labute approximate surface area is 82.8 Å². The Hall–Kier alpha value is -0.830. The largest absolute Gasteiger partial charge is 0.524 e. The molecule has 0 aliphatic carbocycles. The highest BCUT2D eigenvalue weighted by Gasteiger charge is 2.15. The molecule has 5 heteroatoms. The standard InChI is InChI=1S/C9H13O4P/c1-7(2)8-4-3-5-9(6-8)13-14(10,11)12/h3-7H,1-2H3,(H2,10,11,12). The van der Waals surface area contributed by atoms with Crippen LogP contribution in [0.4, 0.5) is 0 Å². The van der Waals surface area contributed by atoms with E-state index in [1.807, 2.05) is 19.9 Å². The lowest BCUT2D eigenvalue weighted by Gasteiger charge is -2.09. The second kappa shape index (κ2) is 4.13. The predicted octanol–water partition coefficient (Wildman–Crippen LogP) is 2.28. The molecule has 4 nitrogen and oxygen atoms in total. The van der Waals surface area contributed by atoms with Crippen molar-refractivity contribution in [1.82, 2.24) is 0 Å². The summed E-state index contributed by atoms with van der Waals surface area (Å²) in [7, 11) is -4.44. The van der Waals surface area contributed by atoms with Gasteiger partial charge in [0.15, 0.2) is 0 Å². The van der Waals surface area contributed by atoms with E-state index in [2.05, 4.69) is 4.52 Å². The smallest absolute Gasteiger partial charge is 0.404 e. The number of hydrogen-bond acceptors (Lipinski definition) is 2. The van der Waals surface area contributed by atoms with E-state index in [0.29, 0.717) is 5.92 Å². The van der Waals surface area contributed by atoms with E-state index in [4.69, 9.17) is 9.79 Å². The highest BCUT2D eigenvalue weighted by Crippen LogP contribution is 2.38. The van der Waals surface area contributed by atoms with Crippen LogP contribution in [0.5, 0.6) is 5.75 Å². The number of benzene rings is 1. The van der Waals surface area contributed by atoms with Crippen molar-refractivity contribution in [1.29, 1.82) is 0 Å². The maximum Gasteiger partial charge on any atom is 0.524 e. The van der Waals surface area contributed by atoms with Crippen molar-refractivity contribution in [2.45, 2.75) is 19.8 Å². The molecule has 1 aromatic carbocycles. The van der Waals surface area contributed by atoms with Gasteiger partial charge in [-0.25, -0.2) is 4.57 Å². The van der Waals surface area contributed by atoms with E-state index in [9.17, 15) is 4.57 Å².